The number of nitrogens with zero attached hydrogens (tertiary/aromatic N) is 2. The molecule has 0 fully saturated rings. The molecule has 4 nitrogen and oxygen atoms in total. The fraction of sp³-hybridized carbons (Fsp3) is 0.120. The van der Waals surface area contributed by atoms with E-state index in [0.717, 1.165) is 16.3 Å². The van der Waals surface area contributed by atoms with Gasteiger partial charge in [-0.15, -0.1) is 0 Å². The summed E-state index contributed by atoms with van der Waals surface area (Å²) < 4.78 is 15.1. The first-order valence-electron chi connectivity index (χ1n) is 9.65. The third-order valence-corrected chi connectivity index (χ3v) is 5.24. The fourth-order valence-electron chi connectivity index (χ4n) is 3.67. The van der Waals surface area contributed by atoms with Crippen molar-refractivity contribution in [1.29, 1.82) is 0 Å². The van der Waals surface area contributed by atoms with Crippen LogP contribution in [0, 0.1) is 12.7 Å². The lowest BCUT2D eigenvalue weighted by atomic mass is 10.0. The molecular formula is C25H21FN2O2. The molecule has 3 aromatic carbocycles. The van der Waals surface area contributed by atoms with Crippen molar-refractivity contribution in [3.63, 3.8) is 0 Å². The molecular weight excluding hydrogens is 379 g/mol. The van der Waals surface area contributed by atoms with Crippen LogP contribution in [0.5, 0.6) is 0 Å². The average Bonchev–Trinajstić information content (AvgIpc) is 2.74. The van der Waals surface area contributed by atoms with E-state index in [1.165, 1.54) is 35.0 Å². The van der Waals surface area contributed by atoms with Crippen LogP contribution in [0.25, 0.3) is 10.8 Å². The normalized spacial score (nSPS) is 10.9. The third-order valence-electron chi connectivity index (χ3n) is 5.24. The molecule has 1 amide bonds. The molecule has 4 aromatic rings. The number of hydrogen-bond donors (Lipinski definition) is 0. The molecule has 0 aliphatic rings. The highest BCUT2D eigenvalue weighted by Crippen LogP contribution is 2.27. The van der Waals surface area contributed by atoms with Crippen molar-refractivity contribution in [1.82, 2.24) is 4.57 Å². The van der Waals surface area contributed by atoms with Crippen LogP contribution in [0.2, 0.25) is 0 Å². The minimum Gasteiger partial charge on any atom is -0.318 e. The summed E-state index contributed by atoms with van der Waals surface area (Å²) in [6.45, 7) is 2.10. The molecule has 0 bridgehead atoms. The Morgan fingerprint density at radius 3 is 2.53 bits per heavy atom. The lowest BCUT2D eigenvalue weighted by molar-refractivity contribution is 0.0984. The summed E-state index contributed by atoms with van der Waals surface area (Å²) in [4.78, 5) is 26.9. The minimum atomic E-state index is -0.351. The first-order valence-corrected chi connectivity index (χ1v) is 9.65. The van der Waals surface area contributed by atoms with Crippen LogP contribution in [0.4, 0.5) is 10.1 Å². The van der Waals surface area contributed by atoms with E-state index in [1.54, 1.807) is 24.9 Å². The molecule has 0 spiro atoms. The topological polar surface area (TPSA) is 42.3 Å². The smallest absolute Gasteiger partial charge is 0.260 e. The zero-order valence-corrected chi connectivity index (χ0v) is 16.8. The van der Waals surface area contributed by atoms with Crippen molar-refractivity contribution in [2.45, 2.75) is 13.5 Å². The highest BCUT2D eigenvalue weighted by molar-refractivity contribution is 6.06. The predicted octanol–water partition coefficient (Wildman–Crippen LogP) is 4.83. The van der Waals surface area contributed by atoms with Gasteiger partial charge in [-0.25, -0.2) is 4.39 Å². The number of aryl methyl sites for hydroxylation is 2. The zero-order chi connectivity index (χ0) is 21.3. The highest BCUT2D eigenvalue weighted by Gasteiger charge is 2.21. The minimum absolute atomic E-state index is 0.190. The number of hydrogen-bond acceptors (Lipinski definition) is 2. The lowest BCUT2D eigenvalue weighted by Gasteiger charge is -2.26. The van der Waals surface area contributed by atoms with E-state index < -0.39 is 0 Å². The molecule has 0 aliphatic carbocycles. The maximum Gasteiger partial charge on any atom is 0.260 e. The third kappa shape index (κ3) is 3.74. The number of anilines is 1. The molecule has 0 N–H and O–H groups in total. The van der Waals surface area contributed by atoms with Gasteiger partial charge in [-0.05, 0) is 53.1 Å². The van der Waals surface area contributed by atoms with E-state index in [1.807, 2.05) is 42.5 Å². The maximum atomic E-state index is 13.7. The number of pyridine rings is 1. The molecule has 5 heteroatoms. The van der Waals surface area contributed by atoms with E-state index >= 15 is 0 Å². The molecule has 0 atom stereocenters. The number of carbonyl (C=O) groups excluding carboxylic acids is 1. The number of aromatic nitrogens is 1. The molecule has 1 aromatic heterocycles. The van der Waals surface area contributed by atoms with Crippen LogP contribution in [0.3, 0.4) is 0 Å². The Hall–Kier alpha value is -3.73. The maximum absolute atomic E-state index is 13.7. The first-order chi connectivity index (χ1) is 14.4. The van der Waals surface area contributed by atoms with Gasteiger partial charge in [-0.1, -0.05) is 42.5 Å². The zero-order valence-electron chi connectivity index (χ0n) is 16.8. The van der Waals surface area contributed by atoms with Gasteiger partial charge in [0.05, 0.1) is 12.1 Å². The summed E-state index contributed by atoms with van der Waals surface area (Å²) in [5.41, 5.74) is 2.47. The molecule has 30 heavy (non-hydrogen) atoms. The van der Waals surface area contributed by atoms with Gasteiger partial charge in [-0.3, -0.25) is 9.59 Å². The summed E-state index contributed by atoms with van der Waals surface area (Å²) in [7, 11) is 1.61. The summed E-state index contributed by atoms with van der Waals surface area (Å²) in [6.07, 6.45) is 1.53. The Bertz CT molecular complexity index is 1300. The van der Waals surface area contributed by atoms with Gasteiger partial charge in [0.15, 0.2) is 0 Å². The van der Waals surface area contributed by atoms with Gasteiger partial charge in [0, 0.05) is 25.0 Å². The van der Waals surface area contributed by atoms with Gasteiger partial charge < -0.3 is 9.47 Å². The van der Waals surface area contributed by atoms with Crippen LogP contribution >= 0.6 is 0 Å². The van der Waals surface area contributed by atoms with Crippen LogP contribution in [-0.4, -0.2) is 10.5 Å². The van der Waals surface area contributed by atoms with E-state index in [-0.39, 0.29) is 17.3 Å². The van der Waals surface area contributed by atoms with Crippen LogP contribution in [0.15, 0.2) is 83.8 Å². The van der Waals surface area contributed by atoms with E-state index in [4.69, 9.17) is 0 Å². The number of carbonyl (C=O) groups is 1. The van der Waals surface area contributed by atoms with E-state index in [2.05, 4.69) is 0 Å². The molecule has 0 aliphatic heterocycles. The van der Waals surface area contributed by atoms with Gasteiger partial charge in [-0.2, -0.15) is 0 Å². The lowest BCUT2D eigenvalue weighted by Crippen LogP contribution is -2.32. The Labute approximate surface area is 173 Å². The Kier molecular flexibility index (Phi) is 5.19. The molecule has 0 unspecified atom stereocenters. The number of halogens is 1. The molecule has 0 radical (unpaired) electrons. The Morgan fingerprint density at radius 1 is 1.00 bits per heavy atom. The first kappa shape index (κ1) is 19.6. The average molecular weight is 400 g/mol. The molecule has 150 valence electrons. The Balaban J connectivity index is 1.83. The van der Waals surface area contributed by atoms with Gasteiger partial charge >= 0.3 is 0 Å². The van der Waals surface area contributed by atoms with Crippen molar-refractivity contribution < 1.29 is 9.18 Å². The quantitative estimate of drug-likeness (QED) is 0.492. The second-order valence-electron chi connectivity index (χ2n) is 7.33. The monoisotopic (exact) mass is 400 g/mol. The molecule has 0 saturated heterocycles. The summed E-state index contributed by atoms with van der Waals surface area (Å²) >= 11 is 0. The largest absolute Gasteiger partial charge is 0.318 e. The van der Waals surface area contributed by atoms with Crippen LogP contribution < -0.4 is 10.5 Å². The number of amides is 1. The number of benzene rings is 3. The summed E-state index contributed by atoms with van der Waals surface area (Å²) in [6, 6.07) is 21.3. The van der Waals surface area contributed by atoms with Crippen LogP contribution in [-0.2, 0) is 13.6 Å². The van der Waals surface area contributed by atoms with Crippen LogP contribution in [0.1, 0.15) is 21.5 Å². The summed E-state index contributed by atoms with van der Waals surface area (Å²) in [5.74, 6) is -0.607. The van der Waals surface area contributed by atoms with Crippen molar-refractivity contribution >= 4 is 22.4 Å². The molecule has 4 rings (SSSR count). The van der Waals surface area contributed by atoms with E-state index in [0.29, 0.717) is 23.4 Å². The molecule has 0 saturated carbocycles. The highest BCUT2D eigenvalue weighted by atomic mass is 19.1. The predicted molar refractivity (Wildman–Crippen MR) is 117 cm³/mol. The second kappa shape index (κ2) is 7.95. The van der Waals surface area contributed by atoms with Gasteiger partial charge in [0.1, 0.15) is 5.82 Å². The SMILES string of the molecule is Cc1cc(F)ccc1N(Cc1cccc2ccccc12)C(=O)c1ccc(=O)n(C)c1. The van der Waals surface area contributed by atoms with Crippen molar-refractivity contribution in [2.24, 2.45) is 7.05 Å². The van der Waals surface area contributed by atoms with Gasteiger partial charge in [0.2, 0.25) is 5.56 Å². The molecule has 1 heterocycles. The standard InChI is InChI=1S/C25H21FN2O2/c1-17-14-21(26)11-12-23(17)28(25(30)20-10-13-24(29)27(2)15-20)16-19-8-5-7-18-6-3-4-9-22(18)19/h3-15H,16H2,1-2H3. The van der Waals surface area contributed by atoms with Crippen molar-refractivity contribution in [2.75, 3.05) is 4.90 Å². The van der Waals surface area contributed by atoms with Crippen molar-refractivity contribution in [3.8, 4) is 0 Å². The number of rotatable bonds is 4. The summed E-state index contributed by atoms with van der Waals surface area (Å²) in [5, 5.41) is 2.14. The van der Waals surface area contributed by atoms with Crippen molar-refractivity contribution in [3.05, 3.63) is 112 Å². The second-order valence-corrected chi connectivity index (χ2v) is 7.33. The Morgan fingerprint density at radius 2 is 1.77 bits per heavy atom. The van der Waals surface area contributed by atoms with Gasteiger partial charge in [0.25, 0.3) is 5.91 Å². The fourth-order valence-corrected chi connectivity index (χ4v) is 3.67. The number of fused-ring (bicyclic) bond motifs is 1. The van der Waals surface area contributed by atoms with E-state index in [9.17, 15) is 14.0 Å².